The summed E-state index contributed by atoms with van der Waals surface area (Å²) < 4.78 is -0.808. The molecule has 9 heteroatoms. The minimum atomic E-state index is -0.997. The van der Waals surface area contributed by atoms with Gasteiger partial charge in [0.1, 0.15) is 6.04 Å². The summed E-state index contributed by atoms with van der Waals surface area (Å²) in [5.41, 5.74) is 0.616. The number of thioether (sulfide) groups is 1. The molecule has 6 atom stereocenters. The Morgan fingerprint density at radius 1 is 1.42 bits per heavy atom. The van der Waals surface area contributed by atoms with Gasteiger partial charge in [0.15, 0.2) is 0 Å². The lowest BCUT2D eigenvalue weighted by Gasteiger charge is -2.38. The largest absolute Gasteiger partial charge is 0.481 e. The Morgan fingerprint density at radius 3 is 2.68 bits per heavy atom. The molecular weight excluding hydrogens is 440 g/mol. The van der Waals surface area contributed by atoms with E-state index in [9.17, 15) is 24.6 Å². The molecule has 3 fully saturated rings. The summed E-state index contributed by atoms with van der Waals surface area (Å²) in [6.45, 7) is 5.36. The van der Waals surface area contributed by atoms with E-state index >= 15 is 0 Å². The molecule has 31 heavy (non-hydrogen) atoms. The van der Waals surface area contributed by atoms with Gasteiger partial charge in [-0.1, -0.05) is 17.7 Å². The average molecular weight is 465 g/mol. The second-order valence-corrected chi connectivity index (χ2v) is 10.4. The number of carboxylic acid groups (broad SMARTS) is 1. The van der Waals surface area contributed by atoms with E-state index < -0.39 is 34.6 Å². The quantitative estimate of drug-likeness (QED) is 0.601. The molecule has 0 saturated carbocycles. The molecule has 3 heterocycles. The van der Waals surface area contributed by atoms with Gasteiger partial charge < -0.3 is 20.0 Å². The highest BCUT2D eigenvalue weighted by atomic mass is 35.5. The molecule has 3 aliphatic rings. The summed E-state index contributed by atoms with van der Waals surface area (Å²) >= 11 is 7.48. The molecule has 2 N–H and O–H groups in total. The fourth-order valence-electron chi connectivity index (χ4n) is 5.43. The molecule has 7 nitrogen and oxygen atoms in total. The van der Waals surface area contributed by atoms with E-state index in [1.807, 2.05) is 0 Å². The van der Waals surface area contributed by atoms with Crippen LogP contribution in [0.1, 0.15) is 19.8 Å². The third kappa shape index (κ3) is 3.27. The van der Waals surface area contributed by atoms with E-state index in [-0.39, 0.29) is 30.2 Å². The summed E-state index contributed by atoms with van der Waals surface area (Å²) in [4.78, 5) is 42.5. The summed E-state index contributed by atoms with van der Waals surface area (Å²) in [5.74, 6) is -3.23. The Hall–Kier alpha value is -2.03. The number of fused-ring (bicyclic) bond motifs is 1. The number of aliphatic hydroxyl groups excluding tert-OH is 1. The Kier molecular flexibility index (Phi) is 5.83. The number of carboxylic acids is 1. The smallest absolute Gasteiger partial charge is 0.308 e. The van der Waals surface area contributed by atoms with Crippen molar-refractivity contribution in [2.45, 2.75) is 41.8 Å². The topological polar surface area (TPSA) is 98.2 Å². The van der Waals surface area contributed by atoms with E-state index in [0.717, 1.165) is 0 Å². The van der Waals surface area contributed by atoms with Gasteiger partial charge in [-0.15, -0.1) is 18.3 Å². The first-order valence-electron chi connectivity index (χ1n) is 10.3. The molecule has 166 valence electrons. The lowest BCUT2D eigenvalue weighted by atomic mass is 9.71. The number of hydrogen-bond donors (Lipinski definition) is 2. The number of carbonyl (C=O) groups is 3. The summed E-state index contributed by atoms with van der Waals surface area (Å²) in [6, 6.07) is 5.37. The third-order valence-electron chi connectivity index (χ3n) is 6.71. The van der Waals surface area contributed by atoms with Gasteiger partial charge >= 0.3 is 5.97 Å². The molecule has 0 aromatic heterocycles. The Balaban J connectivity index is 1.80. The molecule has 1 aromatic carbocycles. The minimum Gasteiger partial charge on any atom is -0.481 e. The van der Waals surface area contributed by atoms with Crippen LogP contribution < -0.4 is 4.90 Å². The SMILES string of the molecule is C=CCN(C(=O)C1N([C@H](C)CO)C(=O)[C@@H]2[C@@H](C(=O)O)[C@H]3CCC12S3)c1ccc(Cl)cc1. The zero-order valence-corrected chi connectivity index (χ0v) is 18.7. The number of hydrogen-bond acceptors (Lipinski definition) is 5. The molecule has 0 radical (unpaired) electrons. The van der Waals surface area contributed by atoms with Crippen molar-refractivity contribution in [3.05, 3.63) is 41.9 Å². The Bertz CT molecular complexity index is 925. The van der Waals surface area contributed by atoms with Crippen molar-refractivity contribution < 1.29 is 24.6 Å². The summed E-state index contributed by atoms with van der Waals surface area (Å²) in [6.07, 6.45) is 2.85. The molecule has 3 saturated heterocycles. The van der Waals surface area contributed by atoms with Crippen LogP contribution in [0.25, 0.3) is 0 Å². The number of halogens is 1. The van der Waals surface area contributed by atoms with Gasteiger partial charge in [0.05, 0.1) is 29.2 Å². The molecule has 1 spiro atoms. The number of amides is 2. The number of aliphatic carboxylic acids is 1. The van der Waals surface area contributed by atoms with E-state index in [4.69, 9.17) is 11.6 Å². The molecule has 3 aliphatic heterocycles. The lowest BCUT2D eigenvalue weighted by molar-refractivity contribution is -0.149. The van der Waals surface area contributed by atoms with Crippen LogP contribution in [0.2, 0.25) is 5.02 Å². The number of rotatable bonds is 7. The monoisotopic (exact) mass is 464 g/mol. The van der Waals surface area contributed by atoms with Crippen molar-refractivity contribution in [1.29, 1.82) is 0 Å². The number of nitrogens with zero attached hydrogens (tertiary/aromatic N) is 2. The Labute approximate surface area is 190 Å². The maximum atomic E-state index is 14.0. The van der Waals surface area contributed by atoms with Gasteiger partial charge in [0, 0.05) is 22.5 Å². The van der Waals surface area contributed by atoms with Gasteiger partial charge in [-0.05, 0) is 44.0 Å². The number of benzene rings is 1. The van der Waals surface area contributed by atoms with E-state index in [1.54, 1.807) is 42.2 Å². The van der Waals surface area contributed by atoms with Crippen molar-refractivity contribution in [3.8, 4) is 0 Å². The highest BCUT2D eigenvalue weighted by molar-refractivity contribution is 8.02. The highest BCUT2D eigenvalue weighted by Gasteiger charge is 2.74. The predicted molar refractivity (Wildman–Crippen MR) is 119 cm³/mol. The van der Waals surface area contributed by atoms with Gasteiger partial charge in [-0.25, -0.2) is 0 Å². The second-order valence-electron chi connectivity index (χ2n) is 8.39. The van der Waals surface area contributed by atoms with Gasteiger partial charge in [0.25, 0.3) is 5.91 Å². The fraction of sp³-hybridized carbons (Fsp3) is 0.500. The standard InChI is InChI=1S/C22H25ClN2O5S/c1-3-10-24(14-6-4-13(23)5-7-14)20(28)18-22-9-8-15(31-22)16(21(29)30)17(22)19(27)25(18)12(2)11-26/h3-7,12,15-18,26H,1,8-11H2,2H3,(H,29,30)/t12-,15-,16+,17+,18?,22?/m1/s1. The van der Waals surface area contributed by atoms with Crippen LogP contribution in [-0.4, -0.2) is 68.1 Å². The molecule has 4 rings (SSSR count). The van der Waals surface area contributed by atoms with Crippen molar-refractivity contribution >= 4 is 46.8 Å². The van der Waals surface area contributed by atoms with Gasteiger partial charge in [-0.3, -0.25) is 14.4 Å². The first-order chi connectivity index (χ1) is 14.8. The molecule has 0 aliphatic carbocycles. The summed E-state index contributed by atoms with van der Waals surface area (Å²) in [7, 11) is 0. The Morgan fingerprint density at radius 2 is 2.10 bits per heavy atom. The normalized spacial score (nSPS) is 32.1. The van der Waals surface area contributed by atoms with Crippen LogP contribution in [0.15, 0.2) is 36.9 Å². The van der Waals surface area contributed by atoms with E-state index in [1.165, 1.54) is 16.7 Å². The second kappa shape index (κ2) is 8.15. The van der Waals surface area contributed by atoms with Crippen LogP contribution in [0.5, 0.6) is 0 Å². The van der Waals surface area contributed by atoms with Crippen LogP contribution in [0, 0.1) is 11.8 Å². The maximum Gasteiger partial charge on any atom is 0.308 e. The van der Waals surface area contributed by atoms with Gasteiger partial charge in [0.2, 0.25) is 5.91 Å². The minimum absolute atomic E-state index is 0.184. The van der Waals surface area contributed by atoms with Crippen molar-refractivity contribution in [3.63, 3.8) is 0 Å². The van der Waals surface area contributed by atoms with Crippen molar-refractivity contribution in [1.82, 2.24) is 4.90 Å². The number of carbonyl (C=O) groups excluding carboxylic acids is 2. The zero-order valence-electron chi connectivity index (χ0n) is 17.1. The first kappa shape index (κ1) is 22.2. The zero-order chi connectivity index (χ0) is 22.5. The van der Waals surface area contributed by atoms with Crippen LogP contribution in [-0.2, 0) is 14.4 Å². The molecule has 2 unspecified atom stereocenters. The summed E-state index contributed by atoms with van der Waals surface area (Å²) in [5, 5.41) is 20.0. The predicted octanol–water partition coefficient (Wildman–Crippen LogP) is 2.42. The van der Waals surface area contributed by atoms with Crippen LogP contribution in [0.3, 0.4) is 0 Å². The van der Waals surface area contributed by atoms with Crippen molar-refractivity contribution in [2.24, 2.45) is 11.8 Å². The van der Waals surface area contributed by atoms with Crippen molar-refractivity contribution in [2.75, 3.05) is 18.1 Å². The van der Waals surface area contributed by atoms with Crippen LogP contribution >= 0.6 is 23.4 Å². The fourth-order valence-corrected chi connectivity index (χ4v) is 7.75. The number of anilines is 1. The first-order valence-corrected chi connectivity index (χ1v) is 11.5. The molecule has 1 aromatic rings. The van der Waals surface area contributed by atoms with E-state index in [2.05, 4.69) is 6.58 Å². The third-order valence-corrected chi connectivity index (χ3v) is 8.92. The molecule has 2 amide bonds. The number of likely N-dealkylation sites (tertiary alicyclic amines) is 1. The highest BCUT2D eigenvalue weighted by Crippen LogP contribution is 2.66. The average Bonchev–Trinajstić information content (AvgIpc) is 3.39. The van der Waals surface area contributed by atoms with E-state index in [0.29, 0.717) is 23.6 Å². The lowest BCUT2D eigenvalue weighted by Crippen LogP contribution is -2.57. The maximum absolute atomic E-state index is 14.0. The van der Waals surface area contributed by atoms with Crippen LogP contribution in [0.4, 0.5) is 5.69 Å². The molecule has 2 bridgehead atoms. The molecular formula is C22H25ClN2O5S. The number of aliphatic hydroxyl groups is 1. The van der Waals surface area contributed by atoms with Gasteiger partial charge in [-0.2, -0.15) is 0 Å².